The topological polar surface area (TPSA) is 126 Å². The average Bonchev–Trinajstić information content (AvgIpc) is 2.86. The quantitative estimate of drug-likeness (QED) is 0.581. The van der Waals surface area contributed by atoms with Crippen molar-refractivity contribution in [1.29, 1.82) is 0 Å². The number of benzene rings is 1. The van der Waals surface area contributed by atoms with Gasteiger partial charge in [-0.25, -0.2) is 4.79 Å². The van der Waals surface area contributed by atoms with E-state index in [1.165, 1.54) is 7.05 Å². The van der Waals surface area contributed by atoms with Gasteiger partial charge in [-0.2, -0.15) is 0 Å². The molecule has 3 N–H and O–H groups in total. The standard InChI is InChI=1S/C18H22N4O6/c1-18(11-4-5-12-13(8-11)28-7-3-6-27-12)16(25)22(17(26)21-18)10-15(24)20-9-14(23)19-2/h4-5,8H,3,6-7,9-10H2,1-2H3,(H,19,23)(H,20,24)(H,21,26)/t18-/m1/s1. The largest absolute Gasteiger partial charge is 0.490 e. The molecule has 1 aromatic carbocycles. The minimum Gasteiger partial charge on any atom is -0.490 e. The zero-order chi connectivity index (χ0) is 20.3. The first-order chi connectivity index (χ1) is 13.3. The first kappa shape index (κ1) is 19.5. The van der Waals surface area contributed by atoms with Crippen LogP contribution in [0.4, 0.5) is 4.79 Å². The van der Waals surface area contributed by atoms with Gasteiger partial charge in [-0.05, 0) is 24.6 Å². The van der Waals surface area contributed by atoms with Crippen LogP contribution in [0.15, 0.2) is 18.2 Å². The number of rotatable bonds is 5. The number of nitrogens with zero attached hydrogens (tertiary/aromatic N) is 1. The van der Waals surface area contributed by atoms with E-state index in [2.05, 4.69) is 16.0 Å². The molecule has 0 spiro atoms. The number of likely N-dealkylation sites (N-methyl/N-ethyl adjacent to an activating group) is 1. The summed E-state index contributed by atoms with van der Waals surface area (Å²) in [5.74, 6) is -0.494. The van der Waals surface area contributed by atoms with E-state index in [0.717, 1.165) is 11.3 Å². The molecule has 5 amide bonds. The maximum Gasteiger partial charge on any atom is 0.325 e. The van der Waals surface area contributed by atoms with Gasteiger partial charge in [0.05, 0.1) is 19.8 Å². The van der Waals surface area contributed by atoms with Crippen LogP contribution in [0.3, 0.4) is 0 Å². The van der Waals surface area contributed by atoms with E-state index in [-0.39, 0.29) is 12.5 Å². The van der Waals surface area contributed by atoms with Crippen molar-refractivity contribution in [2.24, 2.45) is 0 Å². The van der Waals surface area contributed by atoms with E-state index in [1.54, 1.807) is 25.1 Å². The molecule has 0 bridgehead atoms. The number of carbonyl (C=O) groups is 4. The summed E-state index contributed by atoms with van der Waals surface area (Å²) in [6.45, 7) is 1.87. The Morgan fingerprint density at radius 1 is 1.18 bits per heavy atom. The highest BCUT2D eigenvalue weighted by Gasteiger charge is 2.49. The van der Waals surface area contributed by atoms with Crippen LogP contribution in [0.2, 0.25) is 0 Å². The normalized spacial score (nSPS) is 21.0. The highest BCUT2D eigenvalue weighted by molar-refractivity contribution is 6.09. The molecule has 1 atom stereocenters. The van der Waals surface area contributed by atoms with Crippen molar-refractivity contribution in [3.63, 3.8) is 0 Å². The average molecular weight is 390 g/mol. The van der Waals surface area contributed by atoms with Crippen molar-refractivity contribution in [2.75, 3.05) is 33.4 Å². The second kappa shape index (κ2) is 7.75. The Balaban J connectivity index is 1.75. The number of amides is 5. The predicted octanol–water partition coefficient (Wildman–Crippen LogP) is -0.523. The summed E-state index contributed by atoms with van der Waals surface area (Å²) >= 11 is 0. The smallest absolute Gasteiger partial charge is 0.325 e. The fraction of sp³-hybridized carbons (Fsp3) is 0.444. The van der Waals surface area contributed by atoms with Crippen LogP contribution in [0.25, 0.3) is 0 Å². The summed E-state index contributed by atoms with van der Waals surface area (Å²) in [6.07, 6.45) is 0.746. The van der Waals surface area contributed by atoms with Crippen LogP contribution in [-0.2, 0) is 19.9 Å². The van der Waals surface area contributed by atoms with Crippen LogP contribution in [0, 0.1) is 0 Å². The predicted molar refractivity (Wildman–Crippen MR) is 96.7 cm³/mol. The summed E-state index contributed by atoms with van der Waals surface area (Å²) in [7, 11) is 1.44. The molecule has 2 aliphatic heterocycles. The third kappa shape index (κ3) is 3.71. The molecule has 10 nitrogen and oxygen atoms in total. The Labute approximate surface area is 161 Å². The molecule has 0 aliphatic carbocycles. The van der Waals surface area contributed by atoms with Gasteiger partial charge in [-0.3, -0.25) is 19.3 Å². The van der Waals surface area contributed by atoms with Crippen molar-refractivity contribution in [3.8, 4) is 11.5 Å². The Morgan fingerprint density at radius 3 is 2.61 bits per heavy atom. The van der Waals surface area contributed by atoms with Gasteiger partial charge in [0.1, 0.15) is 12.1 Å². The molecule has 0 saturated carbocycles. The van der Waals surface area contributed by atoms with Crippen molar-refractivity contribution < 1.29 is 28.7 Å². The van der Waals surface area contributed by atoms with E-state index >= 15 is 0 Å². The zero-order valence-corrected chi connectivity index (χ0v) is 15.7. The molecule has 28 heavy (non-hydrogen) atoms. The SMILES string of the molecule is CNC(=O)CNC(=O)CN1C(=O)N[C@](C)(c2ccc3c(c2)OCCCO3)C1=O. The molecule has 0 radical (unpaired) electrons. The molecule has 10 heteroatoms. The minimum absolute atomic E-state index is 0.238. The molecule has 3 rings (SSSR count). The Hall–Kier alpha value is -3.30. The highest BCUT2D eigenvalue weighted by Crippen LogP contribution is 2.36. The van der Waals surface area contributed by atoms with Crippen LogP contribution in [0.1, 0.15) is 18.9 Å². The number of nitrogens with one attached hydrogen (secondary N) is 3. The number of ether oxygens (including phenoxy) is 2. The van der Waals surface area contributed by atoms with Gasteiger partial charge in [0.25, 0.3) is 5.91 Å². The number of hydrogen-bond donors (Lipinski definition) is 3. The molecular weight excluding hydrogens is 368 g/mol. The number of fused-ring (bicyclic) bond motifs is 1. The third-order valence-electron chi connectivity index (χ3n) is 4.63. The minimum atomic E-state index is -1.34. The fourth-order valence-electron chi connectivity index (χ4n) is 2.98. The molecule has 1 aromatic rings. The van der Waals surface area contributed by atoms with E-state index in [4.69, 9.17) is 9.47 Å². The molecule has 1 saturated heterocycles. The highest BCUT2D eigenvalue weighted by atomic mass is 16.5. The van der Waals surface area contributed by atoms with Crippen molar-refractivity contribution in [2.45, 2.75) is 18.9 Å². The van der Waals surface area contributed by atoms with Gasteiger partial charge in [0.15, 0.2) is 11.5 Å². The van der Waals surface area contributed by atoms with Gasteiger partial charge in [0, 0.05) is 13.5 Å². The molecule has 2 heterocycles. The lowest BCUT2D eigenvalue weighted by Gasteiger charge is -2.23. The molecule has 0 aromatic heterocycles. The number of hydrogen-bond acceptors (Lipinski definition) is 6. The fourth-order valence-corrected chi connectivity index (χ4v) is 2.98. The summed E-state index contributed by atoms with van der Waals surface area (Å²) < 4.78 is 11.2. The summed E-state index contributed by atoms with van der Waals surface area (Å²) in [6, 6.07) is 4.35. The Morgan fingerprint density at radius 2 is 1.89 bits per heavy atom. The van der Waals surface area contributed by atoms with Gasteiger partial charge in [-0.1, -0.05) is 6.07 Å². The van der Waals surface area contributed by atoms with E-state index in [1.807, 2.05) is 0 Å². The summed E-state index contributed by atoms with van der Waals surface area (Å²) in [4.78, 5) is 49.3. The molecule has 150 valence electrons. The number of urea groups is 1. The van der Waals surface area contributed by atoms with Gasteiger partial charge < -0.3 is 25.4 Å². The maximum atomic E-state index is 12.9. The third-order valence-corrected chi connectivity index (χ3v) is 4.63. The van der Waals surface area contributed by atoms with Gasteiger partial charge in [-0.15, -0.1) is 0 Å². The lowest BCUT2D eigenvalue weighted by Crippen LogP contribution is -2.44. The maximum absolute atomic E-state index is 12.9. The number of imide groups is 1. The van der Waals surface area contributed by atoms with Crippen LogP contribution in [0.5, 0.6) is 11.5 Å². The first-order valence-corrected chi connectivity index (χ1v) is 8.86. The molecule has 2 aliphatic rings. The number of carbonyl (C=O) groups excluding carboxylic acids is 4. The van der Waals surface area contributed by atoms with Crippen molar-refractivity contribution >= 4 is 23.8 Å². The van der Waals surface area contributed by atoms with Crippen molar-refractivity contribution in [1.82, 2.24) is 20.9 Å². The Bertz CT molecular complexity index is 826. The van der Waals surface area contributed by atoms with Gasteiger partial charge >= 0.3 is 6.03 Å². The van der Waals surface area contributed by atoms with E-state index in [9.17, 15) is 19.2 Å². The lowest BCUT2D eigenvalue weighted by molar-refractivity contribution is -0.135. The van der Waals surface area contributed by atoms with E-state index < -0.39 is 29.9 Å². The van der Waals surface area contributed by atoms with Crippen LogP contribution in [-0.4, -0.2) is 62.0 Å². The second-order valence-electron chi connectivity index (χ2n) is 6.61. The first-order valence-electron chi connectivity index (χ1n) is 8.86. The summed E-state index contributed by atoms with van der Waals surface area (Å²) in [5.41, 5.74) is -0.827. The molecule has 1 fully saturated rings. The van der Waals surface area contributed by atoms with Crippen LogP contribution >= 0.6 is 0 Å². The zero-order valence-electron chi connectivity index (χ0n) is 15.7. The molecular formula is C18H22N4O6. The second-order valence-corrected chi connectivity index (χ2v) is 6.61. The molecule has 0 unspecified atom stereocenters. The Kier molecular flexibility index (Phi) is 5.39. The van der Waals surface area contributed by atoms with Crippen molar-refractivity contribution in [3.05, 3.63) is 23.8 Å². The van der Waals surface area contributed by atoms with E-state index in [0.29, 0.717) is 30.3 Å². The monoisotopic (exact) mass is 390 g/mol. The lowest BCUT2D eigenvalue weighted by atomic mass is 9.91. The van der Waals surface area contributed by atoms with Gasteiger partial charge in [0.2, 0.25) is 11.8 Å². The summed E-state index contributed by atoms with van der Waals surface area (Å²) in [5, 5.41) is 7.35. The van der Waals surface area contributed by atoms with Crippen LogP contribution < -0.4 is 25.4 Å².